The standard InChI is InChI=1S/C17H28FNO/c1-5-8-9-13(6-2)17(19-7-3)14-10-11-16(20-4)15(18)12-14/h10-13,17,19H,5-9H2,1-4H3. The van der Waals surface area contributed by atoms with E-state index >= 15 is 0 Å². The summed E-state index contributed by atoms with van der Waals surface area (Å²) >= 11 is 0. The van der Waals surface area contributed by atoms with Crippen molar-refractivity contribution in [2.45, 2.75) is 52.5 Å². The molecule has 0 aliphatic carbocycles. The number of halogens is 1. The molecule has 0 aromatic heterocycles. The Morgan fingerprint density at radius 3 is 2.50 bits per heavy atom. The lowest BCUT2D eigenvalue weighted by Gasteiger charge is -2.28. The van der Waals surface area contributed by atoms with Gasteiger partial charge < -0.3 is 10.1 Å². The molecule has 0 bridgehead atoms. The molecular weight excluding hydrogens is 253 g/mol. The number of unbranched alkanes of at least 4 members (excludes halogenated alkanes) is 1. The number of rotatable bonds is 9. The summed E-state index contributed by atoms with van der Waals surface area (Å²) in [7, 11) is 1.50. The Bertz CT molecular complexity index is 395. The van der Waals surface area contributed by atoms with Crippen LogP contribution in [0, 0.1) is 11.7 Å². The van der Waals surface area contributed by atoms with Crippen molar-refractivity contribution < 1.29 is 9.13 Å². The quantitative estimate of drug-likeness (QED) is 0.708. The Morgan fingerprint density at radius 2 is 2.00 bits per heavy atom. The van der Waals surface area contributed by atoms with E-state index in [-0.39, 0.29) is 11.9 Å². The number of nitrogens with one attached hydrogen (secondary N) is 1. The van der Waals surface area contributed by atoms with Gasteiger partial charge in [0.15, 0.2) is 11.6 Å². The molecule has 0 spiro atoms. The van der Waals surface area contributed by atoms with Gasteiger partial charge in [0.1, 0.15) is 0 Å². The second kappa shape index (κ2) is 8.96. The third-order valence-corrected chi connectivity index (χ3v) is 3.88. The fraction of sp³-hybridized carbons (Fsp3) is 0.647. The van der Waals surface area contributed by atoms with E-state index in [0.717, 1.165) is 18.5 Å². The zero-order chi connectivity index (χ0) is 15.0. The minimum Gasteiger partial charge on any atom is -0.494 e. The summed E-state index contributed by atoms with van der Waals surface area (Å²) in [4.78, 5) is 0. The fourth-order valence-electron chi connectivity index (χ4n) is 2.73. The molecule has 1 rings (SSSR count). The van der Waals surface area contributed by atoms with Crippen LogP contribution in [0.5, 0.6) is 5.75 Å². The molecule has 0 radical (unpaired) electrons. The summed E-state index contributed by atoms with van der Waals surface area (Å²) in [6.07, 6.45) is 4.70. The van der Waals surface area contributed by atoms with Crippen LogP contribution in [0.2, 0.25) is 0 Å². The molecule has 1 N–H and O–H groups in total. The smallest absolute Gasteiger partial charge is 0.165 e. The van der Waals surface area contributed by atoms with Crippen molar-refractivity contribution in [2.24, 2.45) is 5.92 Å². The van der Waals surface area contributed by atoms with Crippen LogP contribution in [0.4, 0.5) is 4.39 Å². The maximum atomic E-state index is 13.9. The van der Waals surface area contributed by atoms with E-state index in [1.165, 1.54) is 26.4 Å². The third-order valence-electron chi connectivity index (χ3n) is 3.88. The molecule has 3 heteroatoms. The Kier molecular flexibility index (Phi) is 7.60. The van der Waals surface area contributed by atoms with Crippen molar-refractivity contribution in [1.82, 2.24) is 5.32 Å². The van der Waals surface area contributed by atoms with Gasteiger partial charge in [-0.05, 0) is 36.6 Å². The van der Waals surface area contributed by atoms with Crippen molar-refractivity contribution in [1.29, 1.82) is 0 Å². The summed E-state index contributed by atoms with van der Waals surface area (Å²) in [5, 5.41) is 3.52. The highest BCUT2D eigenvalue weighted by Gasteiger charge is 2.21. The van der Waals surface area contributed by atoms with Crippen LogP contribution in [0.25, 0.3) is 0 Å². The number of methoxy groups -OCH3 is 1. The van der Waals surface area contributed by atoms with E-state index in [1.54, 1.807) is 12.1 Å². The fourth-order valence-corrected chi connectivity index (χ4v) is 2.73. The van der Waals surface area contributed by atoms with Crippen LogP contribution in [0.1, 0.15) is 58.1 Å². The van der Waals surface area contributed by atoms with Crippen molar-refractivity contribution in [2.75, 3.05) is 13.7 Å². The van der Waals surface area contributed by atoms with Crippen LogP contribution in [0.3, 0.4) is 0 Å². The van der Waals surface area contributed by atoms with Crippen molar-refractivity contribution in [3.05, 3.63) is 29.6 Å². The van der Waals surface area contributed by atoms with Crippen molar-refractivity contribution >= 4 is 0 Å². The molecule has 20 heavy (non-hydrogen) atoms. The van der Waals surface area contributed by atoms with E-state index in [4.69, 9.17) is 4.74 Å². The van der Waals surface area contributed by atoms with Gasteiger partial charge in [0.2, 0.25) is 0 Å². The zero-order valence-electron chi connectivity index (χ0n) is 13.2. The topological polar surface area (TPSA) is 21.3 Å². The molecule has 0 amide bonds. The highest BCUT2D eigenvalue weighted by atomic mass is 19.1. The lowest BCUT2D eigenvalue weighted by atomic mass is 9.86. The molecular formula is C17H28FNO. The van der Waals surface area contributed by atoms with Gasteiger partial charge in [0.05, 0.1) is 7.11 Å². The molecule has 0 aliphatic heterocycles. The summed E-state index contributed by atoms with van der Waals surface area (Å²) in [5.74, 6) is 0.576. The Morgan fingerprint density at radius 1 is 1.25 bits per heavy atom. The van der Waals surface area contributed by atoms with Gasteiger partial charge in [0.25, 0.3) is 0 Å². The number of hydrogen-bond acceptors (Lipinski definition) is 2. The van der Waals surface area contributed by atoms with Crippen LogP contribution >= 0.6 is 0 Å². The molecule has 0 saturated carbocycles. The number of benzene rings is 1. The van der Waals surface area contributed by atoms with Crippen molar-refractivity contribution in [3.63, 3.8) is 0 Å². The Hall–Kier alpha value is -1.09. The first kappa shape index (κ1) is 17.0. The highest BCUT2D eigenvalue weighted by Crippen LogP contribution is 2.31. The molecule has 2 nitrogen and oxygen atoms in total. The van der Waals surface area contributed by atoms with Crippen LogP contribution in [0.15, 0.2) is 18.2 Å². The minimum absolute atomic E-state index is 0.219. The number of ether oxygens (including phenoxy) is 1. The number of hydrogen-bond donors (Lipinski definition) is 1. The SMILES string of the molecule is CCCCC(CC)C(NCC)c1ccc(OC)c(F)c1. The maximum Gasteiger partial charge on any atom is 0.165 e. The normalized spacial score (nSPS) is 14.1. The lowest BCUT2D eigenvalue weighted by Crippen LogP contribution is -2.28. The summed E-state index contributed by atoms with van der Waals surface area (Å²) in [6.45, 7) is 7.41. The first-order chi connectivity index (χ1) is 9.67. The van der Waals surface area contributed by atoms with Gasteiger partial charge in [-0.15, -0.1) is 0 Å². The molecule has 1 aromatic rings. The van der Waals surface area contributed by atoms with Crippen LogP contribution in [-0.2, 0) is 0 Å². The maximum absolute atomic E-state index is 13.9. The van der Waals surface area contributed by atoms with Gasteiger partial charge in [-0.1, -0.05) is 46.1 Å². The lowest BCUT2D eigenvalue weighted by molar-refractivity contribution is 0.325. The van der Waals surface area contributed by atoms with E-state index in [9.17, 15) is 4.39 Å². The average molecular weight is 281 g/mol. The Balaban J connectivity index is 2.96. The molecule has 0 fully saturated rings. The zero-order valence-corrected chi connectivity index (χ0v) is 13.2. The average Bonchev–Trinajstić information content (AvgIpc) is 2.46. The van der Waals surface area contributed by atoms with E-state index in [2.05, 4.69) is 26.1 Å². The van der Waals surface area contributed by atoms with Crippen LogP contribution in [-0.4, -0.2) is 13.7 Å². The van der Waals surface area contributed by atoms with E-state index < -0.39 is 0 Å². The molecule has 1 aromatic carbocycles. The van der Waals surface area contributed by atoms with Crippen LogP contribution < -0.4 is 10.1 Å². The summed E-state index contributed by atoms with van der Waals surface area (Å²) in [5.41, 5.74) is 1.02. The van der Waals surface area contributed by atoms with E-state index in [0.29, 0.717) is 11.7 Å². The largest absolute Gasteiger partial charge is 0.494 e. The first-order valence-corrected chi connectivity index (χ1v) is 7.74. The third kappa shape index (κ3) is 4.48. The molecule has 0 aliphatic rings. The van der Waals surface area contributed by atoms with Crippen molar-refractivity contribution in [3.8, 4) is 5.75 Å². The second-order valence-electron chi connectivity index (χ2n) is 5.24. The molecule has 0 saturated heterocycles. The molecule has 2 unspecified atom stereocenters. The van der Waals surface area contributed by atoms with Gasteiger partial charge in [-0.3, -0.25) is 0 Å². The second-order valence-corrected chi connectivity index (χ2v) is 5.24. The van der Waals surface area contributed by atoms with E-state index in [1.807, 2.05) is 6.07 Å². The molecule has 0 heterocycles. The van der Waals surface area contributed by atoms with Gasteiger partial charge in [-0.2, -0.15) is 0 Å². The highest BCUT2D eigenvalue weighted by molar-refractivity contribution is 5.31. The molecule has 2 atom stereocenters. The van der Waals surface area contributed by atoms with Gasteiger partial charge in [-0.25, -0.2) is 4.39 Å². The monoisotopic (exact) mass is 281 g/mol. The minimum atomic E-state index is -0.279. The first-order valence-electron chi connectivity index (χ1n) is 7.74. The molecule has 114 valence electrons. The van der Waals surface area contributed by atoms with Gasteiger partial charge in [0, 0.05) is 6.04 Å². The predicted octanol–water partition coefficient (Wildman–Crippen LogP) is 4.70. The Labute approximate surface area is 122 Å². The predicted molar refractivity (Wildman–Crippen MR) is 82.7 cm³/mol. The van der Waals surface area contributed by atoms with Gasteiger partial charge >= 0.3 is 0 Å². The summed E-state index contributed by atoms with van der Waals surface area (Å²) in [6, 6.07) is 5.53. The summed E-state index contributed by atoms with van der Waals surface area (Å²) < 4.78 is 18.9.